The minimum absolute atomic E-state index is 0.0521. The summed E-state index contributed by atoms with van der Waals surface area (Å²) >= 11 is 0. The van der Waals surface area contributed by atoms with Crippen LogP contribution in [0.25, 0.3) is 10.9 Å². The first-order chi connectivity index (χ1) is 15.2. The molecule has 0 unspecified atom stereocenters. The van der Waals surface area contributed by atoms with Crippen LogP contribution in [-0.2, 0) is 14.4 Å². The molecule has 4 amide bonds. The topological polar surface area (TPSA) is 123 Å². The van der Waals surface area contributed by atoms with Crippen LogP contribution in [-0.4, -0.2) is 52.8 Å². The van der Waals surface area contributed by atoms with Gasteiger partial charge in [0.1, 0.15) is 17.6 Å². The lowest BCUT2D eigenvalue weighted by molar-refractivity contribution is -0.142. The summed E-state index contributed by atoms with van der Waals surface area (Å²) in [5.74, 6) is -2.50. The summed E-state index contributed by atoms with van der Waals surface area (Å²) in [5, 5.41) is 6.75. The highest BCUT2D eigenvalue weighted by atomic mass is 19.1. The Morgan fingerprint density at radius 1 is 1.28 bits per heavy atom. The molecule has 0 radical (unpaired) electrons. The van der Waals surface area contributed by atoms with Crippen LogP contribution in [0.2, 0.25) is 0 Å². The van der Waals surface area contributed by atoms with Crippen molar-refractivity contribution in [2.45, 2.75) is 39.7 Å². The lowest BCUT2D eigenvalue weighted by Crippen LogP contribution is -2.55. The highest BCUT2D eigenvalue weighted by Crippen LogP contribution is 2.19. The quantitative estimate of drug-likeness (QED) is 0.482. The van der Waals surface area contributed by atoms with Crippen molar-refractivity contribution in [2.75, 3.05) is 13.1 Å². The predicted octanol–water partition coefficient (Wildman–Crippen LogP) is 1.47. The highest BCUT2D eigenvalue weighted by Gasteiger charge is 2.30. The third kappa shape index (κ3) is 5.43. The van der Waals surface area contributed by atoms with Crippen molar-refractivity contribution in [2.24, 2.45) is 11.8 Å². The van der Waals surface area contributed by atoms with Gasteiger partial charge in [0.25, 0.3) is 11.8 Å². The molecule has 2 aromatic rings. The first-order valence-corrected chi connectivity index (χ1v) is 10.6. The number of rotatable bonds is 7. The molecule has 1 fully saturated rings. The molecule has 0 saturated carbocycles. The first-order valence-electron chi connectivity index (χ1n) is 10.6. The number of nitrogens with zero attached hydrogens (tertiary/aromatic N) is 1. The Morgan fingerprint density at radius 3 is 2.62 bits per heavy atom. The van der Waals surface area contributed by atoms with Gasteiger partial charge in [-0.15, -0.1) is 0 Å². The van der Waals surface area contributed by atoms with Gasteiger partial charge in [-0.2, -0.15) is 0 Å². The van der Waals surface area contributed by atoms with Crippen molar-refractivity contribution in [3.63, 3.8) is 0 Å². The average Bonchev–Trinajstić information content (AvgIpc) is 3.33. The van der Waals surface area contributed by atoms with Crippen molar-refractivity contribution >= 4 is 34.5 Å². The Hall–Kier alpha value is -3.43. The standard InChI is InChI=1S/C22H28FN5O4/c1-12(2)9-18(22(32)27-28(13(3)29)11-14-7-8-24-20(14)30)26-21(31)19-10-15-16(23)5-4-6-17(15)25-19/h4-6,10,12,14,18,25H,7-9,11H2,1-3H3,(H,24,30)(H,26,31)(H,27,32)/t14-,18-/m0/s1. The number of hydrogen-bond acceptors (Lipinski definition) is 4. The molecular formula is C22H28FN5O4. The Kier molecular flexibility index (Phi) is 7.12. The lowest BCUT2D eigenvalue weighted by atomic mass is 10.0. The zero-order valence-electron chi connectivity index (χ0n) is 18.3. The van der Waals surface area contributed by atoms with E-state index in [9.17, 15) is 23.6 Å². The summed E-state index contributed by atoms with van der Waals surface area (Å²) in [6, 6.07) is 4.94. The third-order valence-corrected chi connectivity index (χ3v) is 5.38. The number of halogens is 1. The van der Waals surface area contributed by atoms with E-state index in [-0.39, 0.29) is 29.4 Å². The second-order valence-corrected chi connectivity index (χ2v) is 8.42. The number of aromatic nitrogens is 1. The Morgan fingerprint density at radius 2 is 2.03 bits per heavy atom. The van der Waals surface area contributed by atoms with Gasteiger partial charge < -0.3 is 15.6 Å². The van der Waals surface area contributed by atoms with Crippen LogP contribution in [0.5, 0.6) is 0 Å². The van der Waals surface area contributed by atoms with Crippen LogP contribution >= 0.6 is 0 Å². The number of hydrogen-bond donors (Lipinski definition) is 4. The number of aromatic amines is 1. The van der Waals surface area contributed by atoms with E-state index in [2.05, 4.69) is 21.0 Å². The minimum atomic E-state index is -0.932. The SMILES string of the molecule is CC(=O)N(C[C@@H]1CCNC1=O)NC(=O)[C@H](CC(C)C)NC(=O)c1cc2c(F)cccc2[nH]1. The maximum Gasteiger partial charge on any atom is 0.268 e. The highest BCUT2D eigenvalue weighted by molar-refractivity contribution is 6.00. The fourth-order valence-corrected chi connectivity index (χ4v) is 3.68. The fraction of sp³-hybridized carbons (Fsp3) is 0.455. The fourth-order valence-electron chi connectivity index (χ4n) is 3.68. The second-order valence-electron chi connectivity index (χ2n) is 8.42. The smallest absolute Gasteiger partial charge is 0.268 e. The summed E-state index contributed by atoms with van der Waals surface area (Å²) in [7, 11) is 0. The molecule has 4 N–H and O–H groups in total. The summed E-state index contributed by atoms with van der Waals surface area (Å²) in [6.45, 7) is 5.67. The monoisotopic (exact) mass is 445 g/mol. The van der Waals surface area contributed by atoms with Gasteiger partial charge in [-0.05, 0) is 37.0 Å². The van der Waals surface area contributed by atoms with E-state index in [1.54, 1.807) is 6.07 Å². The normalized spacial score (nSPS) is 16.7. The number of benzene rings is 1. The predicted molar refractivity (Wildman–Crippen MR) is 116 cm³/mol. The number of amides is 4. The summed E-state index contributed by atoms with van der Waals surface area (Å²) in [4.78, 5) is 52.5. The van der Waals surface area contributed by atoms with Gasteiger partial charge in [0.2, 0.25) is 11.8 Å². The third-order valence-electron chi connectivity index (χ3n) is 5.38. The molecule has 10 heteroatoms. The van der Waals surface area contributed by atoms with Gasteiger partial charge in [-0.25, -0.2) is 4.39 Å². The maximum atomic E-state index is 14.0. The summed E-state index contributed by atoms with van der Waals surface area (Å²) in [5.41, 5.74) is 3.13. The Bertz CT molecular complexity index is 1030. The number of hydrazine groups is 1. The zero-order valence-corrected chi connectivity index (χ0v) is 18.3. The molecule has 1 saturated heterocycles. The van der Waals surface area contributed by atoms with E-state index < -0.39 is 35.5 Å². The molecule has 2 heterocycles. The summed E-state index contributed by atoms with van der Waals surface area (Å²) < 4.78 is 14.0. The van der Waals surface area contributed by atoms with Crippen molar-refractivity contribution in [3.05, 3.63) is 35.8 Å². The molecule has 0 aliphatic carbocycles. The number of carbonyl (C=O) groups is 4. The largest absolute Gasteiger partial charge is 0.356 e. The van der Waals surface area contributed by atoms with Crippen LogP contribution in [0.15, 0.2) is 24.3 Å². The molecule has 1 aliphatic heterocycles. The van der Waals surface area contributed by atoms with Crippen LogP contribution in [0.3, 0.4) is 0 Å². The molecule has 3 rings (SSSR count). The number of H-pyrrole nitrogens is 1. The van der Waals surface area contributed by atoms with E-state index in [0.29, 0.717) is 24.9 Å². The molecule has 1 aliphatic rings. The van der Waals surface area contributed by atoms with Crippen molar-refractivity contribution in [1.82, 2.24) is 26.1 Å². The van der Waals surface area contributed by atoms with Gasteiger partial charge in [0.15, 0.2) is 0 Å². The molecule has 1 aromatic heterocycles. The molecule has 9 nitrogen and oxygen atoms in total. The molecule has 1 aromatic carbocycles. The van der Waals surface area contributed by atoms with E-state index in [1.165, 1.54) is 25.1 Å². The van der Waals surface area contributed by atoms with Gasteiger partial charge in [0, 0.05) is 24.4 Å². The molecule has 0 bridgehead atoms. The van der Waals surface area contributed by atoms with Gasteiger partial charge in [0.05, 0.1) is 12.5 Å². The second kappa shape index (κ2) is 9.80. The van der Waals surface area contributed by atoms with E-state index in [0.717, 1.165) is 5.01 Å². The Balaban J connectivity index is 1.72. The van der Waals surface area contributed by atoms with Crippen LogP contribution < -0.4 is 16.1 Å². The van der Waals surface area contributed by atoms with Crippen molar-refractivity contribution in [1.29, 1.82) is 0 Å². The van der Waals surface area contributed by atoms with Crippen molar-refractivity contribution < 1.29 is 23.6 Å². The maximum absolute atomic E-state index is 14.0. The minimum Gasteiger partial charge on any atom is -0.356 e. The molecule has 0 spiro atoms. The molecule has 32 heavy (non-hydrogen) atoms. The van der Waals surface area contributed by atoms with Crippen LogP contribution in [0, 0.1) is 17.7 Å². The first kappa shape index (κ1) is 23.2. The number of nitrogens with one attached hydrogen (secondary N) is 4. The van der Waals surface area contributed by atoms with Crippen LogP contribution in [0.4, 0.5) is 4.39 Å². The van der Waals surface area contributed by atoms with E-state index in [1.807, 2.05) is 13.8 Å². The zero-order chi connectivity index (χ0) is 23.4. The van der Waals surface area contributed by atoms with E-state index in [4.69, 9.17) is 0 Å². The van der Waals surface area contributed by atoms with Gasteiger partial charge in [-0.1, -0.05) is 19.9 Å². The van der Waals surface area contributed by atoms with Crippen LogP contribution in [0.1, 0.15) is 44.1 Å². The van der Waals surface area contributed by atoms with Gasteiger partial charge >= 0.3 is 0 Å². The van der Waals surface area contributed by atoms with Crippen molar-refractivity contribution in [3.8, 4) is 0 Å². The number of carbonyl (C=O) groups excluding carboxylic acids is 4. The lowest BCUT2D eigenvalue weighted by Gasteiger charge is -2.27. The molecule has 172 valence electrons. The van der Waals surface area contributed by atoms with Gasteiger partial charge in [-0.3, -0.25) is 29.6 Å². The Labute approximate surface area is 185 Å². The molecule has 2 atom stereocenters. The number of fused-ring (bicyclic) bond motifs is 1. The van der Waals surface area contributed by atoms with E-state index >= 15 is 0 Å². The molecular weight excluding hydrogens is 417 g/mol. The average molecular weight is 445 g/mol. The summed E-state index contributed by atoms with van der Waals surface area (Å²) in [6.07, 6.45) is 0.892.